The van der Waals surface area contributed by atoms with Gasteiger partial charge in [0.05, 0.1) is 4.90 Å². The summed E-state index contributed by atoms with van der Waals surface area (Å²) >= 11 is 5.77. The second kappa shape index (κ2) is 5.61. The number of halogens is 1. The molecule has 6 heteroatoms. The standard InChI is InChI=1S/C13H12ClNO3S/c14-11-2-1-3-13(8-11)19(17,18)15-9-10-4-6-12(16)7-5-10/h1-8,15-16H,9H2. The molecule has 2 aromatic carbocycles. The van der Waals surface area contributed by atoms with Crippen molar-refractivity contribution in [2.24, 2.45) is 0 Å². The number of aromatic hydroxyl groups is 1. The first-order valence-electron chi connectivity index (χ1n) is 5.50. The van der Waals surface area contributed by atoms with Crippen molar-refractivity contribution < 1.29 is 13.5 Å². The number of hydrogen-bond donors (Lipinski definition) is 2. The van der Waals surface area contributed by atoms with E-state index in [9.17, 15) is 8.42 Å². The van der Waals surface area contributed by atoms with Crippen molar-refractivity contribution in [1.82, 2.24) is 4.72 Å². The molecule has 2 aromatic rings. The Hall–Kier alpha value is -1.56. The molecule has 100 valence electrons. The van der Waals surface area contributed by atoms with E-state index in [0.29, 0.717) is 5.02 Å². The van der Waals surface area contributed by atoms with Gasteiger partial charge in [0, 0.05) is 11.6 Å². The minimum Gasteiger partial charge on any atom is -0.508 e. The van der Waals surface area contributed by atoms with Crippen molar-refractivity contribution in [2.45, 2.75) is 11.4 Å². The van der Waals surface area contributed by atoms with E-state index in [2.05, 4.69) is 4.72 Å². The number of phenols is 1. The van der Waals surface area contributed by atoms with Crippen molar-refractivity contribution in [2.75, 3.05) is 0 Å². The minimum atomic E-state index is -3.59. The topological polar surface area (TPSA) is 66.4 Å². The first-order valence-corrected chi connectivity index (χ1v) is 7.37. The summed E-state index contributed by atoms with van der Waals surface area (Å²) in [6, 6.07) is 12.4. The normalized spacial score (nSPS) is 11.4. The predicted molar refractivity (Wildman–Crippen MR) is 73.6 cm³/mol. The van der Waals surface area contributed by atoms with Crippen molar-refractivity contribution in [1.29, 1.82) is 0 Å². The number of nitrogens with one attached hydrogen (secondary N) is 1. The molecule has 0 aliphatic heterocycles. The molecule has 0 spiro atoms. The third kappa shape index (κ3) is 3.70. The molecule has 0 bridgehead atoms. The van der Waals surface area contributed by atoms with Crippen LogP contribution in [-0.2, 0) is 16.6 Å². The Kier molecular flexibility index (Phi) is 4.09. The lowest BCUT2D eigenvalue weighted by molar-refractivity contribution is 0.475. The Balaban J connectivity index is 2.12. The van der Waals surface area contributed by atoms with Crippen LogP contribution in [0.25, 0.3) is 0 Å². The molecule has 0 unspecified atom stereocenters. The van der Waals surface area contributed by atoms with Crippen LogP contribution in [0.3, 0.4) is 0 Å². The molecule has 0 aliphatic rings. The highest BCUT2D eigenvalue weighted by atomic mass is 35.5. The molecule has 0 saturated heterocycles. The molecule has 2 rings (SSSR count). The van der Waals surface area contributed by atoms with Gasteiger partial charge in [0.2, 0.25) is 10.0 Å². The molecule has 4 nitrogen and oxygen atoms in total. The molecule has 0 aromatic heterocycles. The maximum Gasteiger partial charge on any atom is 0.240 e. The first-order chi connectivity index (χ1) is 8.97. The van der Waals surface area contributed by atoms with E-state index in [0.717, 1.165) is 5.56 Å². The fraction of sp³-hybridized carbons (Fsp3) is 0.0769. The second-order valence-corrected chi connectivity index (χ2v) is 6.15. The van der Waals surface area contributed by atoms with Gasteiger partial charge in [-0.15, -0.1) is 0 Å². The van der Waals surface area contributed by atoms with E-state index in [-0.39, 0.29) is 17.2 Å². The highest BCUT2D eigenvalue weighted by Crippen LogP contribution is 2.16. The van der Waals surface area contributed by atoms with Gasteiger partial charge in [-0.3, -0.25) is 0 Å². The van der Waals surface area contributed by atoms with E-state index in [1.54, 1.807) is 24.3 Å². The monoisotopic (exact) mass is 297 g/mol. The van der Waals surface area contributed by atoms with Gasteiger partial charge in [0.25, 0.3) is 0 Å². The van der Waals surface area contributed by atoms with E-state index in [1.165, 1.54) is 24.3 Å². The molecule has 0 aliphatic carbocycles. The molecule has 0 fully saturated rings. The van der Waals surface area contributed by atoms with Gasteiger partial charge >= 0.3 is 0 Å². The predicted octanol–water partition coefficient (Wildman–Crippen LogP) is 2.52. The van der Waals surface area contributed by atoms with Crippen LogP contribution in [0.15, 0.2) is 53.4 Å². The Morgan fingerprint density at radius 1 is 1.11 bits per heavy atom. The average molecular weight is 298 g/mol. The minimum absolute atomic E-state index is 0.124. The largest absolute Gasteiger partial charge is 0.508 e. The van der Waals surface area contributed by atoms with Gasteiger partial charge < -0.3 is 5.11 Å². The zero-order valence-corrected chi connectivity index (χ0v) is 11.4. The second-order valence-electron chi connectivity index (χ2n) is 3.95. The summed E-state index contributed by atoms with van der Waals surface area (Å²) in [6.45, 7) is 0.148. The summed E-state index contributed by atoms with van der Waals surface area (Å²) in [5.74, 6) is 0.140. The Labute approximate surface area is 116 Å². The Bertz CT molecular complexity index is 669. The molecule has 0 radical (unpaired) electrons. The highest BCUT2D eigenvalue weighted by Gasteiger charge is 2.13. The number of phenolic OH excluding ortho intramolecular Hbond substituents is 1. The molecular formula is C13H12ClNO3S. The summed E-state index contributed by atoms with van der Waals surface area (Å²) < 4.78 is 26.5. The molecular weight excluding hydrogens is 286 g/mol. The number of rotatable bonds is 4. The molecule has 0 saturated carbocycles. The molecule has 0 atom stereocenters. The van der Waals surface area contributed by atoms with Gasteiger partial charge in [0.1, 0.15) is 5.75 Å². The van der Waals surface area contributed by atoms with Crippen LogP contribution >= 0.6 is 11.6 Å². The van der Waals surface area contributed by atoms with Gasteiger partial charge in [-0.25, -0.2) is 13.1 Å². The maximum atomic E-state index is 12.0. The summed E-state index contributed by atoms with van der Waals surface area (Å²) in [6.07, 6.45) is 0. The van der Waals surface area contributed by atoms with Crippen LogP contribution in [0.1, 0.15) is 5.56 Å². The van der Waals surface area contributed by atoms with Gasteiger partial charge in [-0.1, -0.05) is 29.8 Å². The maximum absolute atomic E-state index is 12.0. The molecule has 2 N–H and O–H groups in total. The highest BCUT2D eigenvalue weighted by molar-refractivity contribution is 7.89. The third-order valence-corrected chi connectivity index (χ3v) is 4.14. The van der Waals surface area contributed by atoms with Gasteiger partial charge in [-0.05, 0) is 35.9 Å². The molecule has 0 heterocycles. The fourth-order valence-corrected chi connectivity index (χ4v) is 2.83. The summed E-state index contributed by atoms with van der Waals surface area (Å²) in [5.41, 5.74) is 0.753. The third-order valence-electron chi connectivity index (χ3n) is 2.51. The van der Waals surface area contributed by atoms with Crippen LogP contribution < -0.4 is 4.72 Å². The molecule has 0 amide bonds. The SMILES string of the molecule is O=S(=O)(NCc1ccc(O)cc1)c1cccc(Cl)c1. The van der Waals surface area contributed by atoms with Crippen LogP contribution in [0.5, 0.6) is 5.75 Å². The zero-order valence-electron chi connectivity index (χ0n) is 9.88. The lowest BCUT2D eigenvalue weighted by Gasteiger charge is -2.07. The first kappa shape index (κ1) is 13.9. The quantitative estimate of drug-likeness (QED) is 0.911. The molecule has 19 heavy (non-hydrogen) atoms. The Morgan fingerprint density at radius 2 is 1.79 bits per heavy atom. The lowest BCUT2D eigenvalue weighted by Crippen LogP contribution is -2.23. The van der Waals surface area contributed by atoms with E-state index in [1.807, 2.05) is 0 Å². The van der Waals surface area contributed by atoms with Crippen molar-refractivity contribution in [3.05, 3.63) is 59.1 Å². The smallest absolute Gasteiger partial charge is 0.240 e. The van der Waals surface area contributed by atoms with Crippen molar-refractivity contribution >= 4 is 21.6 Å². The van der Waals surface area contributed by atoms with Crippen molar-refractivity contribution in [3.63, 3.8) is 0 Å². The number of hydrogen-bond acceptors (Lipinski definition) is 3. The summed E-state index contributed by atoms with van der Waals surface area (Å²) in [7, 11) is -3.59. The summed E-state index contributed by atoms with van der Waals surface area (Å²) in [4.78, 5) is 0.124. The van der Waals surface area contributed by atoms with Gasteiger partial charge in [0.15, 0.2) is 0 Å². The fourth-order valence-electron chi connectivity index (χ4n) is 1.51. The van der Waals surface area contributed by atoms with Crippen LogP contribution in [0.4, 0.5) is 0 Å². The van der Waals surface area contributed by atoms with E-state index in [4.69, 9.17) is 16.7 Å². The number of benzene rings is 2. The van der Waals surface area contributed by atoms with Crippen molar-refractivity contribution in [3.8, 4) is 5.75 Å². The average Bonchev–Trinajstić information content (AvgIpc) is 2.38. The van der Waals surface area contributed by atoms with E-state index < -0.39 is 10.0 Å². The lowest BCUT2D eigenvalue weighted by atomic mass is 10.2. The number of sulfonamides is 1. The van der Waals surface area contributed by atoms with Crippen LogP contribution in [0.2, 0.25) is 5.02 Å². The van der Waals surface area contributed by atoms with Gasteiger partial charge in [-0.2, -0.15) is 0 Å². The zero-order chi connectivity index (χ0) is 13.9. The Morgan fingerprint density at radius 3 is 2.42 bits per heavy atom. The van der Waals surface area contributed by atoms with Crippen LogP contribution in [-0.4, -0.2) is 13.5 Å². The summed E-state index contributed by atoms with van der Waals surface area (Å²) in [5, 5.41) is 9.51. The van der Waals surface area contributed by atoms with Crippen LogP contribution in [0, 0.1) is 0 Å². The van der Waals surface area contributed by atoms with E-state index >= 15 is 0 Å².